The van der Waals surface area contributed by atoms with Gasteiger partial charge in [-0.3, -0.25) is 4.79 Å². The Morgan fingerprint density at radius 1 is 0.224 bits per heavy atom. The van der Waals surface area contributed by atoms with E-state index in [9.17, 15) is 0 Å². The summed E-state index contributed by atoms with van der Waals surface area (Å²) < 4.78 is 0. The second-order valence-corrected chi connectivity index (χ2v) is 24.1. The van der Waals surface area contributed by atoms with Gasteiger partial charge < -0.3 is 9.80 Å². The van der Waals surface area contributed by atoms with Crippen LogP contribution < -0.4 is 9.80 Å². The molecular weight excluding hydrogens is 921 g/mol. The number of carbonyl (C=O) groups is 1. The van der Waals surface area contributed by atoms with Crippen molar-refractivity contribution in [1.29, 1.82) is 0 Å². The Morgan fingerprint density at radius 3 is 0.697 bits per heavy atom. The van der Waals surface area contributed by atoms with Gasteiger partial charge in [0.25, 0.3) is 0 Å². The summed E-state index contributed by atoms with van der Waals surface area (Å²) in [6, 6.07) is 76.3. The Morgan fingerprint density at radius 2 is 0.434 bits per heavy atom. The van der Waals surface area contributed by atoms with Crippen LogP contribution in [0.5, 0.6) is 0 Å². The van der Waals surface area contributed by atoms with Gasteiger partial charge in [0.05, 0.1) is 0 Å². The number of benzene rings is 10. The van der Waals surface area contributed by atoms with Gasteiger partial charge in [0.15, 0.2) is 5.78 Å². The molecule has 5 aliphatic rings. The van der Waals surface area contributed by atoms with Crippen LogP contribution >= 0.6 is 0 Å². The third-order valence-corrected chi connectivity index (χ3v) is 18.6. The third-order valence-electron chi connectivity index (χ3n) is 18.6. The summed E-state index contributed by atoms with van der Waals surface area (Å²) in [5.74, 6) is 0.0424. The monoisotopic (exact) mass is 978 g/mol. The average molecular weight is 979 g/mol. The average Bonchev–Trinajstić information content (AvgIpc) is 4.09. The molecule has 5 aliphatic carbocycles. The van der Waals surface area contributed by atoms with E-state index in [2.05, 4.69) is 271 Å². The minimum atomic E-state index is -0.182. The summed E-state index contributed by atoms with van der Waals surface area (Å²) in [6.45, 7) is 18.7. The molecule has 0 N–H and O–H groups in total. The second-order valence-electron chi connectivity index (χ2n) is 24.1. The number of ketones is 1. The zero-order valence-corrected chi connectivity index (χ0v) is 44.4. The van der Waals surface area contributed by atoms with Crippen LogP contribution in [0.15, 0.2) is 206 Å². The first-order chi connectivity index (χ1) is 36.6. The van der Waals surface area contributed by atoms with Gasteiger partial charge >= 0.3 is 0 Å². The molecule has 10 aromatic rings. The first-order valence-corrected chi connectivity index (χ1v) is 27.0. The van der Waals surface area contributed by atoms with Crippen LogP contribution in [0.4, 0.5) is 34.1 Å². The molecule has 0 spiro atoms. The molecule has 0 saturated carbocycles. The summed E-state index contributed by atoms with van der Waals surface area (Å²) in [5, 5.41) is 0. The van der Waals surface area contributed by atoms with Crippen LogP contribution in [0.1, 0.15) is 116 Å². The predicted octanol–water partition coefficient (Wildman–Crippen LogP) is 19.1. The minimum Gasteiger partial charge on any atom is -0.310 e. The normalized spacial score (nSPS) is 16.1. The van der Waals surface area contributed by atoms with Crippen molar-refractivity contribution in [3.63, 3.8) is 0 Å². The van der Waals surface area contributed by atoms with Crippen molar-refractivity contribution in [2.24, 2.45) is 0 Å². The maximum absolute atomic E-state index is 15.4. The van der Waals surface area contributed by atoms with Crippen molar-refractivity contribution >= 4 is 39.9 Å². The van der Waals surface area contributed by atoms with E-state index < -0.39 is 0 Å². The van der Waals surface area contributed by atoms with Crippen LogP contribution in [0.3, 0.4) is 0 Å². The fourth-order valence-corrected chi connectivity index (χ4v) is 14.6. The summed E-state index contributed by atoms with van der Waals surface area (Å²) in [6.07, 6.45) is 0. The lowest BCUT2D eigenvalue weighted by Gasteiger charge is -2.30. The summed E-state index contributed by atoms with van der Waals surface area (Å²) >= 11 is 0. The number of anilines is 6. The van der Waals surface area contributed by atoms with Crippen molar-refractivity contribution in [1.82, 2.24) is 0 Å². The van der Waals surface area contributed by atoms with Crippen molar-refractivity contribution < 1.29 is 4.79 Å². The Labute approximate surface area is 446 Å². The molecule has 0 saturated heterocycles. The summed E-state index contributed by atoms with van der Waals surface area (Å²) in [4.78, 5) is 20.2. The van der Waals surface area contributed by atoms with Crippen LogP contribution in [0, 0.1) is 0 Å². The number of hydrogen-bond donors (Lipinski definition) is 0. The van der Waals surface area contributed by atoms with Gasteiger partial charge in [-0.25, -0.2) is 0 Å². The smallest absolute Gasteiger partial charge is 0.194 e. The van der Waals surface area contributed by atoms with Crippen LogP contribution in [0.2, 0.25) is 0 Å². The second kappa shape index (κ2) is 15.3. The topological polar surface area (TPSA) is 23.6 Å². The standard InChI is InChI=1S/C73H58N2O/c1-70(2)61-21-13-9-17-51(61)55-33-27-45(39-65(55)70)74(46-28-34-56-52-18-10-14-22-62(52)71(3,4)66(56)40-46)43-25-31-49-50-32-26-44(38-60(50)69(76)59(49)37-43)75(47-29-35-57-53-19-11-15-23-63(53)72(5,6)67(57)41-47)48-30-36-58-54-20-12-16-24-64(54)73(7,8)68(58)42-48/h9-42H,1-8H3. The molecule has 0 radical (unpaired) electrons. The molecule has 0 bridgehead atoms. The zero-order valence-electron chi connectivity index (χ0n) is 44.4. The molecule has 0 heterocycles. The Hall–Kier alpha value is -8.53. The lowest BCUT2D eigenvalue weighted by molar-refractivity contribution is 0.104. The number of rotatable bonds is 6. The van der Waals surface area contributed by atoms with E-state index in [0.29, 0.717) is 0 Å². The highest BCUT2D eigenvalue weighted by atomic mass is 16.1. The molecule has 0 fully saturated rings. The first kappa shape index (κ1) is 44.9. The van der Waals surface area contributed by atoms with Crippen molar-refractivity contribution in [3.8, 4) is 55.6 Å². The predicted molar refractivity (Wildman–Crippen MR) is 315 cm³/mol. The highest BCUT2D eigenvalue weighted by Crippen LogP contribution is 2.56. The van der Waals surface area contributed by atoms with Gasteiger partial charge in [-0.05, 0) is 173 Å². The molecule has 0 aromatic heterocycles. The van der Waals surface area contributed by atoms with Crippen molar-refractivity contribution in [2.45, 2.75) is 77.0 Å². The van der Waals surface area contributed by atoms with Gasteiger partial charge in [0.1, 0.15) is 0 Å². The molecule has 366 valence electrons. The Bertz CT molecular complexity index is 3740. The highest BCUT2D eigenvalue weighted by Gasteiger charge is 2.41. The van der Waals surface area contributed by atoms with E-state index in [1.165, 1.54) is 89.0 Å². The van der Waals surface area contributed by atoms with Crippen LogP contribution in [-0.2, 0) is 21.7 Å². The number of nitrogens with zero attached hydrogens (tertiary/aromatic N) is 2. The van der Waals surface area contributed by atoms with Gasteiger partial charge in [-0.1, -0.05) is 189 Å². The number of carbonyl (C=O) groups excluding carboxylic acids is 1. The van der Waals surface area contributed by atoms with Crippen molar-refractivity contribution in [2.75, 3.05) is 9.80 Å². The van der Waals surface area contributed by atoms with E-state index in [4.69, 9.17) is 0 Å². The molecule has 3 heteroatoms. The fraction of sp³-hybridized carbons (Fsp3) is 0.164. The first-order valence-electron chi connectivity index (χ1n) is 27.0. The highest BCUT2D eigenvalue weighted by molar-refractivity contribution is 6.23. The van der Waals surface area contributed by atoms with E-state index >= 15 is 4.79 Å². The zero-order chi connectivity index (χ0) is 51.8. The molecular formula is C73H58N2O. The van der Waals surface area contributed by atoms with E-state index in [-0.39, 0.29) is 27.4 Å². The number of fused-ring (bicyclic) bond motifs is 15. The van der Waals surface area contributed by atoms with Crippen LogP contribution in [0.25, 0.3) is 55.6 Å². The molecule has 0 amide bonds. The third kappa shape index (κ3) is 5.97. The Balaban J connectivity index is 0.863. The largest absolute Gasteiger partial charge is 0.310 e. The SMILES string of the molecule is CC1(C)c2ccccc2-c2ccc(N(c3ccc4c(c3)C(=O)c3cc(N(c5ccc6c(c5)C(C)(C)c5ccccc5-6)c5ccc6c(c5)C(C)(C)c5ccccc5-6)ccc3-4)c3ccc4c(c3)C(C)(C)c3ccccc3-4)cc21. The lowest BCUT2D eigenvalue weighted by atomic mass is 9.82. The van der Waals surface area contributed by atoms with Gasteiger partial charge in [-0.2, -0.15) is 0 Å². The molecule has 0 atom stereocenters. The van der Waals surface area contributed by atoms with Crippen LogP contribution in [-0.4, -0.2) is 5.78 Å². The molecule has 0 unspecified atom stereocenters. The molecule has 3 nitrogen and oxygen atoms in total. The van der Waals surface area contributed by atoms with Gasteiger partial charge in [0.2, 0.25) is 0 Å². The van der Waals surface area contributed by atoms with Gasteiger partial charge in [0, 0.05) is 66.9 Å². The maximum Gasteiger partial charge on any atom is 0.194 e. The van der Waals surface area contributed by atoms with Gasteiger partial charge in [-0.15, -0.1) is 0 Å². The maximum atomic E-state index is 15.4. The minimum absolute atomic E-state index is 0.0424. The fourth-order valence-electron chi connectivity index (χ4n) is 14.6. The quantitative estimate of drug-likeness (QED) is 0.166. The Kier molecular flexibility index (Phi) is 9.04. The summed E-state index contributed by atoms with van der Waals surface area (Å²) in [7, 11) is 0. The summed E-state index contributed by atoms with van der Waals surface area (Å²) in [5.41, 5.74) is 29.7. The molecule has 0 aliphatic heterocycles. The number of hydrogen-bond acceptors (Lipinski definition) is 3. The van der Waals surface area contributed by atoms with E-state index in [1.54, 1.807) is 0 Å². The van der Waals surface area contributed by atoms with E-state index in [0.717, 1.165) is 56.4 Å². The molecule has 76 heavy (non-hydrogen) atoms. The van der Waals surface area contributed by atoms with E-state index in [1.807, 2.05) is 0 Å². The van der Waals surface area contributed by atoms with Crippen molar-refractivity contribution in [3.05, 3.63) is 262 Å². The lowest BCUT2D eigenvalue weighted by Crippen LogP contribution is -2.18. The molecule has 10 aromatic carbocycles. The molecule has 15 rings (SSSR count).